The summed E-state index contributed by atoms with van der Waals surface area (Å²) in [6, 6.07) is 13.4. The first-order valence-electron chi connectivity index (χ1n) is 7.83. The van der Waals surface area contributed by atoms with Gasteiger partial charge in [-0.2, -0.15) is 10.1 Å². The number of aryl methyl sites for hydroxylation is 1. The molecule has 0 spiro atoms. The van der Waals surface area contributed by atoms with E-state index in [1.165, 1.54) is 5.56 Å². The third kappa shape index (κ3) is 4.18. The van der Waals surface area contributed by atoms with Crippen LogP contribution in [-0.2, 0) is 0 Å². The van der Waals surface area contributed by atoms with Crippen molar-refractivity contribution in [3.05, 3.63) is 64.3 Å². The summed E-state index contributed by atoms with van der Waals surface area (Å²) in [5.74, 6) is 1.07. The SMILES string of the molecule is CCN(c1cccc(C)c1)c1cnnc(Nc2ccc(Cl)cc2Cl)n1. The molecule has 7 heteroatoms. The van der Waals surface area contributed by atoms with Crippen molar-refractivity contribution < 1.29 is 0 Å². The number of benzene rings is 2. The van der Waals surface area contributed by atoms with Crippen LogP contribution in [0.3, 0.4) is 0 Å². The standard InChI is InChI=1S/C18H17Cl2N5/c1-3-25(14-6-4-5-12(2)9-14)17-11-21-24-18(23-17)22-16-8-7-13(19)10-15(16)20/h4-11H,3H2,1-2H3,(H,22,23,24). The van der Waals surface area contributed by atoms with Crippen molar-refractivity contribution in [3.63, 3.8) is 0 Å². The van der Waals surface area contributed by atoms with Crippen LogP contribution in [0.25, 0.3) is 0 Å². The Labute approximate surface area is 156 Å². The third-order valence-corrected chi connectivity index (χ3v) is 4.18. The normalized spacial score (nSPS) is 10.6. The Morgan fingerprint density at radius 1 is 1.12 bits per heavy atom. The van der Waals surface area contributed by atoms with Gasteiger partial charge in [-0.3, -0.25) is 0 Å². The van der Waals surface area contributed by atoms with Crippen LogP contribution in [0.15, 0.2) is 48.7 Å². The minimum atomic E-state index is 0.368. The van der Waals surface area contributed by atoms with Gasteiger partial charge in [0.05, 0.1) is 16.9 Å². The van der Waals surface area contributed by atoms with Gasteiger partial charge in [-0.1, -0.05) is 35.3 Å². The molecule has 2 aromatic carbocycles. The first-order valence-corrected chi connectivity index (χ1v) is 8.58. The van der Waals surface area contributed by atoms with Crippen LogP contribution in [0.1, 0.15) is 12.5 Å². The summed E-state index contributed by atoms with van der Waals surface area (Å²) < 4.78 is 0. The second-order valence-corrected chi connectivity index (χ2v) is 6.31. The molecule has 0 radical (unpaired) electrons. The predicted molar refractivity (Wildman–Crippen MR) is 103 cm³/mol. The highest BCUT2D eigenvalue weighted by Crippen LogP contribution is 2.28. The molecule has 0 unspecified atom stereocenters. The van der Waals surface area contributed by atoms with Crippen molar-refractivity contribution in [2.75, 3.05) is 16.8 Å². The Bertz CT molecular complexity index is 885. The van der Waals surface area contributed by atoms with E-state index in [4.69, 9.17) is 23.2 Å². The van der Waals surface area contributed by atoms with Crippen LogP contribution in [0.2, 0.25) is 10.0 Å². The summed E-state index contributed by atoms with van der Waals surface area (Å²) in [5, 5.41) is 12.2. The molecule has 0 amide bonds. The van der Waals surface area contributed by atoms with E-state index in [9.17, 15) is 0 Å². The molecule has 0 atom stereocenters. The van der Waals surface area contributed by atoms with Gasteiger partial charge >= 0.3 is 0 Å². The summed E-state index contributed by atoms with van der Waals surface area (Å²) in [4.78, 5) is 6.62. The van der Waals surface area contributed by atoms with Gasteiger partial charge in [0.2, 0.25) is 5.95 Å². The Kier molecular flexibility index (Phi) is 5.36. The maximum Gasteiger partial charge on any atom is 0.249 e. The van der Waals surface area contributed by atoms with E-state index < -0.39 is 0 Å². The quantitative estimate of drug-likeness (QED) is 0.649. The maximum absolute atomic E-state index is 6.19. The molecular formula is C18H17Cl2N5. The minimum Gasteiger partial charge on any atom is -0.325 e. The van der Waals surface area contributed by atoms with Crippen molar-refractivity contribution >= 4 is 46.3 Å². The molecule has 1 N–H and O–H groups in total. The number of hydrogen-bond acceptors (Lipinski definition) is 5. The van der Waals surface area contributed by atoms with Gasteiger partial charge in [-0.15, -0.1) is 5.10 Å². The van der Waals surface area contributed by atoms with Crippen molar-refractivity contribution in [2.45, 2.75) is 13.8 Å². The van der Waals surface area contributed by atoms with Crippen LogP contribution in [0.5, 0.6) is 0 Å². The topological polar surface area (TPSA) is 53.9 Å². The minimum absolute atomic E-state index is 0.368. The number of halogens is 2. The molecule has 1 heterocycles. The molecule has 0 saturated carbocycles. The zero-order valence-corrected chi connectivity index (χ0v) is 15.4. The molecule has 3 rings (SSSR count). The molecule has 3 aromatic rings. The number of nitrogens with zero attached hydrogens (tertiary/aromatic N) is 4. The highest BCUT2D eigenvalue weighted by atomic mass is 35.5. The molecule has 25 heavy (non-hydrogen) atoms. The fraction of sp³-hybridized carbons (Fsp3) is 0.167. The highest BCUT2D eigenvalue weighted by Gasteiger charge is 2.12. The lowest BCUT2D eigenvalue weighted by Gasteiger charge is -2.22. The van der Waals surface area contributed by atoms with Gasteiger partial charge in [0, 0.05) is 17.3 Å². The summed E-state index contributed by atoms with van der Waals surface area (Å²) in [6.07, 6.45) is 1.64. The lowest BCUT2D eigenvalue weighted by Crippen LogP contribution is -2.18. The van der Waals surface area contributed by atoms with Gasteiger partial charge in [0.1, 0.15) is 0 Å². The number of nitrogens with one attached hydrogen (secondary N) is 1. The predicted octanol–water partition coefficient (Wildman–Crippen LogP) is 5.39. The summed E-state index contributed by atoms with van der Waals surface area (Å²) in [5.41, 5.74) is 2.91. The van der Waals surface area contributed by atoms with Crippen LogP contribution in [-0.4, -0.2) is 21.7 Å². The fourth-order valence-corrected chi connectivity index (χ4v) is 2.92. The molecule has 128 valence electrons. The first kappa shape index (κ1) is 17.5. The summed E-state index contributed by atoms with van der Waals surface area (Å²) >= 11 is 12.1. The zero-order chi connectivity index (χ0) is 17.8. The Morgan fingerprint density at radius 2 is 1.96 bits per heavy atom. The fourth-order valence-electron chi connectivity index (χ4n) is 2.46. The lowest BCUT2D eigenvalue weighted by atomic mass is 10.2. The van der Waals surface area contributed by atoms with Crippen LogP contribution >= 0.6 is 23.2 Å². The molecule has 1 aromatic heterocycles. The van der Waals surface area contributed by atoms with Crippen LogP contribution in [0.4, 0.5) is 23.1 Å². The van der Waals surface area contributed by atoms with Crippen molar-refractivity contribution in [1.29, 1.82) is 0 Å². The van der Waals surface area contributed by atoms with Gasteiger partial charge in [0.15, 0.2) is 5.82 Å². The van der Waals surface area contributed by atoms with E-state index in [-0.39, 0.29) is 0 Å². The van der Waals surface area contributed by atoms with E-state index in [0.29, 0.717) is 27.5 Å². The number of aromatic nitrogens is 3. The molecule has 0 aliphatic carbocycles. The zero-order valence-electron chi connectivity index (χ0n) is 13.9. The van der Waals surface area contributed by atoms with Crippen molar-refractivity contribution in [1.82, 2.24) is 15.2 Å². The highest BCUT2D eigenvalue weighted by molar-refractivity contribution is 6.36. The first-order chi connectivity index (χ1) is 12.1. The lowest BCUT2D eigenvalue weighted by molar-refractivity contribution is 0.921. The monoisotopic (exact) mass is 373 g/mol. The van der Waals surface area contributed by atoms with Crippen LogP contribution < -0.4 is 10.2 Å². The Morgan fingerprint density at radius 3 is 2.68 bits per heavy atom. The van der Waals surface area contributed by atoms with Gasteiger partial charge in [0.25, 0.3) is 0 Å². The van der Waals surface area contributed by atoms with Crippen LogP contribution in [0, 0.1) is 6.92 Å². The Hall–Kier alpha value is -2.37. The molecule has 0 aliphatic heterocycles. The number of anilines is 4. The summed E-state index contributed by atoms with van der Waals surface area (Å²) in [6.45, 7) is 4.88. The van der Waals surface area contributed by atoms with Gasteiger partial charge < -0.3 is 10.2 Å². The van der Waals surface area contributed by atoms with Gasteiger partial charge in [-0.05, 0) is 49.7 Å². The third-order valence-electron chi connectivity index (χ3n) is 3.63. The average molecular weight is 374 g/mol. The van der Waals surface area contributed by atoms with E-state index in [0.717, 1.165) is 12.2 Å². The van der Waals surface area contributed by atoms with E-state index in [1.807, 2.05) is 12.1 Å². The second-order valence-electron chi connectivity index (χ2n) is 5.47. The second kappa shape index (κ2) is 7.68. The van der Waals surface area contributed by atoms with Gasteiger partial charge in [-0.25, -0.2) is 0 Å². The largest absolute Gasteiger partial charge is 0.325 e. The summed E-state index contributed by atoms with van der Waals surface area (Å²) in [7, 11) is 0. The molecule has 5 nitrogen and oxygen atoms in total. The molecule has 0 aliphatic rings. The molecular weight excluding hydrogens is 357 g/mol. The molecule has 0 saturated heterocycles. The van der Waals surface area contributed by atoms with Crippen molar-refractivity contribution in [2.24, 2.45) is 0 Å². The Balaban J connectivity index is 1.90. The smallest absolute Gasteiger partial charge is 0.249 e. The van der Waals surface area contributed by atoms with E-state index in [2.05, 4.69) is 51.4 Å². The maximum atomic E-state index is 6.19. The molecule has 0 bridgehead atoms. The average Bonchev–Trinajstić information content (AvgIpc) is 2.59. The van der Waals surface area contributed by atoms with E-state index >= 15 is 0 Å². The number of rotatable bonds is 5. The number of hydrogen-bond donors (Lipinski definition) is 1. The van der Waals surface area contributed by atoms with E-state index in [1.54, 1.807) is 24.4 Å². The molecule has 0 fully saturated rings. The van der Waals surface area contributed by atoms with Crippen molar-refractivity contribution in [3.8, 4) is 0 Å².